The van der Waals surface area contributed by atoms with Crippen molar-refractivity contribution < 1.29 is 9.47 Å². The number of methoxy groups -OCH3 is 2. The van der Waals surface area contributed by atoms with E-state index in [4.69, 9.17) is 21.1 Å². The molecule has 146 valence electrons. The minimum absolute atomic E-state index is 0.471. The number of rotatable bonds is 8. The van der Waals surface area contributed by atoms with Crippen LogP contribution in [0.3, 0.4) is 0 Å². The monoisotopic (exact) mass is 417 g/mol. The zero-order chi connectivity index (χ0) is 19.9. The lowest BCUT2D eigenvalue weighted by Crippen LogP contribution is -2.02. The number of benzene rings is 2. The van der Waals surface area contributed by atoms with Crippen molar-refractivity contribution in [3.63, 3.8) is 0 Å². The zero-order valence-electron chi connectivity index (χ0n) is 15.7. The van der Waals surface area contributed by atoms with Crippen molar-refractivity contribution in [3.05, 3.63) is 58.6 Å². The number of nitrogens with zero attached hydrogens (tertiary/aromatic N) is 3. The molecule has 2 N–H and O–H groups in total. The van der Waals surface area contributed by atoms with Crippen LogP contribution >= 0.6 is 23.4 Å². The molecule has 0 aliphatic heterocycles. The number of aromatic amines is 1. The third-order valence-corrected chi connectivity index (χ3v) is 5.05. The molecule has 28 heavy (non-hydrogen) atoms. The fourth-order valence-electron chi connectivity index (χ4n) is 2.35. The average Bonchev–Trinajstić information content (AvgIpc) is 3.19. The van der Waals surface area contributed by atoms with E-state index in [0.717, 1.165) is 27.6 Å². The molecule has 0 amide bonds. The Bertz CT molecular complexity index is 959. The summed E-state index contributed by atoms with van der Waals surface area (Å²) in [7, 11) is 3.20. The normalized spacial score (nSPS) is 11.4. The molecule has 9 heteroatoms. The molecule has 0 radical (unpaired) electrons. The van der Waals surface area contributed by atoms with Crippen LogP contribution in [0.4, 0.5) is 5.95 Å². The Labute approximate surface area is 172 Å². The molecule has 0 aliphatic carbocycles. The number of hydrogen-bond donors (Lipinski definition) is 2. The van der Waals surface area contributed by atoms with Crippen molar-refractivity contribution in [2.75, 3.05) is 19.6 Å². The summed E-state index contributed by atoms with van der Waals surface area (Å²) in [4.78, 5) is 4.38. The van der Waals surface area contributed by atoms with Gasteiger partial charge < -0.3 is 9.47 Å². The van der Waals surface area contributed by atoms with Crippen molar-refractivity contribution in [2.24, 2.45) is 5.10 Å². The third kappa shape index (κ3) is 5.17. The van der Waals surface area contributed by atoms with Gasteiger partial charge in [0.25, 0.3) is 0 Å². The minimum Gasteiger partial charge on any atom is -0.493 e. The van der Waals surface area contributed by atoms with Crippen LogP contribution in [0, 0.1) is 0 Å². The van der Waals surface area contributed by atoms with Gasteiger partial charge in [0, 0.05) is 16.3 Å². The number of H-pyrrole nitrogens is 1. The van der Waals surface area contributed by atoms with Gasteiger partial charge in [0.05, 0.1) is 19.9 Å². The molecule has 7 nitrogen and oxygen atoms in total. The predicted octanol–water partition coefficient (Wildman–Crippen LogP) is 4.60. The van der Waals surface area contributed by atoms with E-state index in [9.17, 15) is 0 Å². The fourth-order valence-corrected chi connectivity index (χ4v) is 3.23. The number of hydrazone groups is 1. The maximum absolute atomic E-state index is 5.90. The lowest BCUT2D eigenvalue weighted by molar-refractivity contribution is 0.355. The lowest BCUT2D eigenvalue weighted by Gasteiger charge is -2.09. The largest absolute Gasteiger partial charge is 0.493 e. The Morgan fingerprint density at radius 1 is 1.14 bits per heavy atom. The molecule has 0 fully saturated rings. The molecule has 3 aromatic rings. The topological polar surface area (TPSA) is 84.4 Å². The minimum atomic E-state index is 0.471. The maximum atomic E-state index is 5.90. The highest BCUT2D eigenvalue weighted by atomic mass is 35.5. The van der Waals surface area contributed by atoms with E-state index in [1.54, 1.807) is 14.2 Å². The van der Waals surface area contributed by atoms with Crippen molar-refractivity contribution >= 4 is 35.0 Å². The highest BCUT2D eigenvalue weighted by Crippen LogP contribution is 2.28. The van der Waals surface area contributed by atoms with Gasteiger partial charge in [0.15, 0.2) is 11.5 Å². The summed E-state index contributed by atoms with van der Waals surface area (Å²) in [5.41, 5.74) is 5.72. The first kappa shape index (κ1) is 20.0. The number of ether oxygens (including phenoxy) is 2. The van der Waals surface area contributed by atoms with Crippen LogP contribution in [0.25, 0.3) is 0 Å². The predicted molar refractivity (Wildman–Crippen MR) is 113 cm³/mol. The molecule has 0 unspecified atom stereocenters. The first-order chi connectivity index (χ1) is 13.6. The van der Waals surface area contributed by atoms with Gasteiger partial charge in [-0.2, -0.15) is 10.1 Å². The van der Waals surface area contributed by atoms with E-state index < -0.39 is 0 Å². The molecule has 0 atom stereocenters. The molecule has 0 aliphatic rings. The number of anilines is 1. The highest BCUT2D eigenvalue weighted by Gasteiger charge is 2.08. The number of thioether (sulfide) groups is 1. The van der Waals surface area contributed by atoms with Crippen LogP contribution in [-0.4, -0.2) is 35.1 Å². The third-order valence-electron chi connectivity index (χ3n) is 3.88. The lowest BCUT2D eigenvalue weighted by atomic mass is 10.1. The first-order valence-corrected chi connectivity index (χ1v) is 9.77. The van der Waals surface area contributed by atoms with Gasteiger partial charge in [-0.15, -0.1) is 5.10 Å². The molecule has 0 spiro atoms. The van der Waals surface area contributed by atoms with Crippen LogP contribution in [-0.2, 0) is 5.75 Å². The molecular formula is C19H20ClN5O2S. The number of nitrogens with one attached hydrogen (secondary N) is 2. The van der Waals surface area contributed by atoms with Crippen molar-refractivity contribution in [1.29, 1.82) is 0 Å². The van der Waals surface area contributed by atoms with Gasteiger partial charge in [-0.05, 0) is 42.8 Å². The van der Waals surface area contributed by atoms with E-state index in [1.807, 2.05) is 49.4 Å². The van der Waals surface area contributed by atoms with Crippen LogP contribution in [0.1, 0.15) is 18.1 Å². The number of hydrogen-bond acceptors (Lipinski definition) is 7. The van der Waals surface area contributed by atoms with Gasteiger partial charge in [-0.1, -0.05) is 35.5 Å². The molecule has 1 aromatic heterocycles. The zero-order valence-corrected chi connectivity index (χ0v) is 17.3. The highest BCUT2D eigenvalue weighted by molar-refractivity contribution is 7.98. The molecule has 3 rings (SSSR count). The average molecular weight is 418 g/mol. The summed E-state index contributed by atoms with van der Waals surface area (Å²) in [5.74, 6) is 2.54. The van der Waals surface area contributed by atoms with E-state index in [0.29, 0.717) is 22.6 Å². The van der Waals surface area contributed by atoms with Gasteiger partial charge in [0.2, 0.25) is 11.1 Å². The molecule has 0 bridgehead atoms. The van der Waals surface area contributed by atoms with Crippen molar-refractivity contribution in [3.8, 4) is 11.5 Å². The first-order valence-electron chi connectivity index (χ1n) is 8.41. The van der Waals surface area contributed by atoms with Crippen molar-refractivity contribution in [1.82, 2.24) is 15.2 Å². The molecule has 0 saturated carbocycles. The summed E-state index contributed by atoms with van der Waals surface area (Å²) in [5, 5.41) is 12.7. The molecule has 2 aromatic carbocycles. The Morgan fingerprint density at radius 3 is 2.61 bits per heavy atom. The second-order valence-corrected chi connectivity index (χ2v) is 7.14. The Morgan fingerprint density at radius 2 is 1.89 bits per heavy atom. The van der Waals surface area contributed by atoms with Gasteiger partial charge >= 0.3 is 0 Å². The number of halogens is 1. The molecular weight excluding hydrogens is 398 g/mol. The van der Waals surface area contributed by atoms with E-state index in [2.05, 4.69) is 25.7 Å². The van der Waals surface area contributed by atoms with E-state index >= 15 is 0 Å². The Hall–Kier alpha value is -2.71. The SMILES string of the molecule is COc1ccc(/C(C)=N/Nc2nc(SCc3ccc(Cl)cc3)n[nH]2)cc1OC. The van der Waals surface area contributed by atoms with Crippen LogP contribution in [0.5, 0.6) is 11.5 Å². The summed E-state index contributed by atoms with van der Waals surface area (Å²) in [6.07, 6.45) is 0. The van der Waals surface area contributed by atoms with E-state index in [-0.39, 0.29) is 0 Å². The summed E-state index contributed by atoms with van der Waals surface area (Å²) in [6, 6.07) is 13.3. The second-order valence-electron chi connectivity index (χ2n) is 5.76. The quantitative estimate of drug-likeness (QED) is 0.316. The van der Waals surface area contributed by atoms with Gasteiger partial charge in [-0.25, -0.2) is 10.5 Å². The van der Waals surface area contributed by atoms with Crippen LogP contribution < -0.4 is 14.9 Å². The molecule has 1 heterocycles. The summed E-state index contributed by atoms with van der Waals surface area (Å²) in [6.45, 7) is 1.89. The number of aromatic nitrogens is 3. The maximum Gasteiger partial charge on any atom is 0.240 e. The Kier molecular flexibility index (Phi) is 6.78. The van der Waals surface area contributed by atoms with Gasteiger partial charge in [0.1, 0.15) is 0 Å². The summed E-state index contributed by atoms with van der Waals surface area (Å²) < 4.78 is 10.6. The smallest absolute Gasteiger partial charge is 0.240 e. The van der Waals surface area contributed by atoms with Crippen molar-refractivity contribution in [2.45, 2.75) is 17.8 Å². The van der Waals surface area contributed by atoms with Gasteiger partial charge in [-0.3, -0.25) is 0 Å². The fraction of sp³-hybridized carbons (Fsp3) is 0.211. The second kappa shape index (κ2) is 9.48. The van der Waals surface area contributed by atoms with Crippen LogP contribution in [0.2, 0.25) is 5.02 Å². The van der Waals surface area contributed by atoms with Crippen LogP contribution in [0.15, 0.2) is 52.7 Å². The Balaban J connectivity index is 1.60. The standard InChI is InChI=1S/C19H20ClN5O2S/c1-12(14-6-9-16(26-2)17(10-14)27-3)22-23-18-21-19(25-24-18)28-11-13-4-7-15(20)8-5-13/h4-10H,11H2,1-3H3,(H2,21,23,24,25)/b22-12+. The summed E-state index contributed by atoms with van der Waals surface area (Å²) >= 11 is 7.42. The molecule has 0 saturated heterocycles. The van der Waals surface area contributed by atoms with E-state index in [1.165, 1.54) is 11.8 Å².